The average Bonchev–Trinajstić information content (AvgIpc) is 2.91. The van der Waals surface area contributed by atoms with E-state index >= 15 is 0 Å². The lowest BCUT2D eigenvalue weighted by Crippen LogP contribution is -2.47. The molecule has 1 aromatic heterocycles. The fourth-order valence-corrected chi connectivity index (χ4v) is 4.29. The minimum absolute atomic E-state index is 0.0119. The van der Waals surface area contributed by atoms with E-state index in [4.69, 9.17) is 14.2 Å². The molecule has 1 unspecified atom stereocenters. The van der Waals surface area contributed by atoms with Gasteiger partial charge in [0.25, 0.3) is 5.91 Å². The highest BCUT2D eigenvalue weighted by Crippen LogP contribution is 2.30. The first kappa shape index (κ1) is 29.4. The van der Waals surface area contributed by atoms with Gasteiger partial charge in [-0.15, -0.1) is 0 Å². The van der Waals surface area contributed by atoms with Crippen molar-refractivity contribution in [3.8, 4) is 11.5 Å². The van der Waals surface area contributed by atoms with E-state index in [1.807, 2.05) is 57.2 Å². The van der Waals surface area contributed by atoms with Crippen LogP contribution >= 0.6 is 0 Å². The second kappa shape index (κ2) is 14.1. The van der Waals surface area contributed by atoms with Crippen LogP contribution in [-0.2, 0) is 27.2 Å². The Morgan fingerprint density at radius 1 is 0.872 bits per heavy atom. The Morgan fingerprint density at radius 3 is 1.92 bits per heavy atom. The topological polar surface area (TPSA) is 104 Å². The molecule has 0 saturated heterocycles. The Bertz CT molecular complexity index is 1200. The van der Waals surface area contributed by atoms with Gasteiger partial charge in [0.1, 0.15) is 12.1 Å². The molecule has 0 spiro atoms. The number of nitrogens with zero attached hydrogens (tertiary/aromatic N) is 1. The van der Waals surface area contributed by atoms with Crippen LogP contribution < -0.4 is 14.8 Å². The second-order valence-electron chi connectivity index (χ2n) is 9.76. The van der Waals surface area contributed by atoms with Crippen LogP contribution in [0.3, 0.4) is 0 Å². The van der Waals surface area contributed by atoms with Gasteiger partial charge in [-0.1, -0.05) is 74.5 Å². The van der Waals surface area contributed by atoms with Gasteiger partial charge < -0.3 is 19.5 Å². The van der Waals surface area contributed by atoms with E-state index in [1.54, 1.807) is 0 Å². The monoisotopic (exact) mass is 532 g/mol. The first-order valence-electron chi connectivity index (χ1n) is 13.0. The van der Waals surface area contributed by atoms with Crippen molar-refractivity contribution in [2.24, 2.45) is 11.8 Å². The zero-order valence-electron chi connectivity index (χ0n) is 23.0. The Kier molecular flexibility index (Phi) is 10.6. The first-order chi connectivity index (χ1) is 18.7. The van der Waals surface area contributed by atoms with Gasteiger partial charge in [0, 0.05) is 25.1 Å². The number of aromatic nitrogens is 1. The molecule has 2 atom stereocenters. The molecule has 0 saturated carbocycles. The molecule has 0 radical (unpaired) electrons. The molecule has 3 aromatic rings. The number of ether oxygens (including phenoxy) is 3. The first-order valence-corrected chi connectivity index (χ1v) is 13.0. The molecule has 0 aliphatic carbocycles. The summed E-state index contributed by atoms with van der Waals surface area (Å²) in [5, 5.41) is 2.72. The van der Waals surface area contributed by atoms with Crippen molar-refractivity contribution in [1.82, 2.24) is 10.3 Å². The zero-order valence-corrected chi connectivity index (χ0v) is 23.0. The van der Waals surface area contributed by atoms with E-state index in [0.717, 1.165) is 24.0 Å². The highest BCUT2D eigenvalue weighted by atomic mass is 16.6. The molecule has 1 amide bonds. The third-order valence-corrected chi connectivity index (χ3v) is 6.40. The van der Waals surface area contributed by atoms with Crippen molar-refractivity contribution in [2.75, 3.05) is 7.11 Å². The number of rotatable bonds is 12. The minimum Gasteiger partial charge on any atom is -0.493 e. The summed E-state index contributed by atoms with van der Waals surface area (Å²) in [7, 11) is 1.39. The molecular weight excluding hydrogens is 496 g/mol. The molecular formula is C31H36N2O6. The third kappa shape index (κ3) is 8.40. The molecule has 39 heavy (non-hydrogen) atoms. The summed E-state index contributed by atoms with van der Waals surface area (Å²) in [5.74, 6) is -2.07. The molecule has 0 fully saturated rings. The zero-order chi connectivity index (χ0) is 28.4. The van der Waals surface area contributed by atoms with Crippen molar-refractivity contribution >= 4 is 17.8 Å². The molecule has 0 bridgehead atoms. The Balaban J connectivity index is 1.78. The van der Waals surface area contributed by atoms with E-state index in [1.165, 1.54) is 26.3 Å². The molecule has 206 valence electrons. The van der Waals surface area contributed by atoms with E-state index in [9.17, 15) is 14.4 Å². The van der Waals surface area contributed by atoms with Gasteiger partial charge in [0.15, 0.2) is 11.4 Å². The standard InChI is InChI=1S/C31H36N2O6/c1-20(2)27(33-30(35)28-29(39-22(4)34)26(37-5)16-17-32-28)31(36)38-21(3)25(18-23-12-8-6-9-13-23)19-24-14-10-7-11-15-24/h6-17,20-21,25,27H,18-19H2,1-5H3,(H,33,35)/t21?,27-/m0/s1. The van der Waals surface area contributed by atoms with Gasteiger partial charge in [0.05, 0.1) is 7.11 Å². The lowest BCUT2D eigenvalue weighted by molar-refractivity contribution is -0.154. The molecule has 1 N–H and O–H groups in total. The largest absolute Gasteiger partial charge is 0.493 e. The van der Waals surface area contributed by atoms with E-state index in [0.29, 0.717) is 0 Å². The Hall–Kier alpha value is -4.20. The quantitative estimate of drug-likeness (QED) is 0.334. The number of esters is 2. The number of hydrogen-bond donors (Lipinski definition) is 1. The highest BCUT2D eigenvalue weighted by Gasteiger charge is 2.32. The van der Waals surface area contributed by atoms with Crippen molar-refractivity contribution < 1.29 is 28.6 Å². The lowest BCUT2D eigenvalue weighted by atomic mass is 9.88. The number of pyridine rings is 1. The van der Waals surface area contributed by atoms with E-state index in [2.05, 4.69) is 34.6 Å². The fraction of sp³-hybridized carbons (Fsp3) is 0.355. The number of nitrogens with one attached hydrogen (secondary N) is 1. The van der Waals surface area contributed by atoms with Crippen molar-refractivity contribution in [3.63, 3.8) is 0 Å². The average molecular weight is 533 g/mol. The van der Waals surface area contributed by atoms with E-state index in [-0.39, 0.29) is 29.0 Å². The molecule has 8 heteroatoms. The number of amides is 1. The van der Waals surface area contributed by atoms with Crippen LogP contribution in [0.4, 0.5) is 0 Å². The van der Waals surface area contributed by atoms with Crippen molar-refractivity contribution in [1.29, 1.82) is 0 Å². The highest BCUT2D eigenvalue weighted by molar-refractivity contribution is 5.98. The maximum Gasteiger partial charge on any atom is 0.329 e. The summed E-state index contributed by atoms with van der Waals surface area (Å²) in [6.45, 7) is 6.73. The van der Waals surface area contributed by atoms with Crippen LogP contribution in [0.25, 0.3) is 0 Å². The predicted molar refractivity (Wildman–Crippen MR) is 148 cm³/mol. The minimum atomic E-state index is -0.952. The SMILES string of the molecule is COc1ccnc(C(=O)N[C@H](C(=O)OC(C)C(Cc2ccccc2)Cc2ccccc2)C(C)C)c1OC(C)=O. The number of hydrogen-bond acceptors (Lipinski definition) is 7. The molecule has 8 nitrogen and oxygen atoms in total. The van der Waals surface area contributed by atoms with Crippen molar-refractivity contribution in [3.05, 3.63) is 89.7 Å². The van der Waals surface area contributed by atoms with Gasteiger partial charge in [-0.3, -0.25) is 9.59 Å². The van der Waals surface area contributed by atoms with Crippen LogP contribution in [-0.4, -0.2) is 42.1 Å². The summed E-state index contributed by atoms with van der Waals surface area (Å²) in [6, 6.07) is 20.7. The van der Waals surface area contributed by atoms with Gasteiger partial charge in [-0.2, -0.15) is 0 Å². The summed E-state index contributed by atoms with van der Waals surface area (Å²) < 4.78 is 16.4. The molecule has 0 aliphatic rings. The molecule has 1 heterocycles. The number of benzene rings is 2. The predicted octanol–water partition coefficient (Wildman–Crippen LogP) is 4.80. The Labute approximate surface area is 229 Å². The van der Waals surface area contributed by atoms with Crippen LogP contribution in [0.15, 0.2) is 72.9 Å². The summed E-state index contributed by atoms with van der Waals surface area (Å²) in [4.78, 5) is 42.3. The number of methoxy groups -OCH3 is 1. The fourth-order valence-electron chi connectivity index (χ4n) is 4.29. The summed E-state index contributed by atoms with van der Waals surface area (Å²) in [6.07, 6.45) is 2.39. The lowest BCUT2D eigenvalue weighted by Gasteiger charge is -2.28. The van der Waals surface area contributed by atoms with Crippen LogP contribution in [0.2, 0.25) is 0 Å². The molecule has 2 aromatic carbocycles. The van der Waals surface area contributed by atoms with Gasteiger partial charge in [-0.05, 0) is 36.8 Å². The van der Waals surface area contributed by atoms with Crippen LogP contribution in [0, 0.1) is 11.8 Å². The smallest absolute Gasteiger partial charge is 0.329 e. The van der Waals surface area contributed by atoms with E-state index < -0.39 is 30.0 Å². The second-order valence-corrected chi connectivity index (χ2v) is 9.76. The maximum atomic E-state index is 13.4. The van der Waals surface area contributed by atoms with Gasteiger partial charge in [-0.25, -0.2) is 9.78 Å². The number of carbonyl (C=O) groups excluding carboxylic acids is 3. The summed E-state index contributed by atoms with van der Waals surface area (Å²) >= 11 is 0. The van der Waals surface area contributed by atoms with Crippen molar-refractivity contribution in [2.45, 2.75) is 52.7 Å². The summed E-state index contributed by atoms with van der Waals surface area (Å²) in [5.41, 5.74) is 2.14. The normalized spacial score (nSPS) is 12.5. The van der Waals surface area contributed by atoms with Crippen LogP contribution in [0.1, 0.15) is 49.3 Å². The van der Waals surface area contributed by atoms with Gasteiger partial charge in [0.2, 0.25) is 5.75 Å². The third-order valence-electron chi connectivity index (χ3n) is 6.40. The van der Waals surface area contributed by atoms with Gasteiger partial charge >= 0.3 is 11.9 Å². The maximum absolute atomic E-state index is 13.4. The number of carbonyl (C=O) groups is 3. The molecule has 0 aliphatic heterocycles. The van der Waals surface area contributed by atoms with Crippen LogP contribution in [0.5, 0.6) is 11.5 Å². The molecule has 3 rings (SSSR count). The Morgan fingerprint density at radius 2 is 1.44 bits per heavy atom.